The van der Waals surface area contributed by atoms with Gasteiger partial charge in [0.15, 0.2) is 0 Å². The van der Waals surface area contributed by atoms with Gasteiger partial charge < -0.3 is 15.3 Å². The van der Waals surface area contributed by atoms with E-state index in [0.717, 1.165) is 30.4 Å². The number of hydrogen-bond donors (Lipinski definition) is 2. The van der Waals surface area contributed by atoms with Gasteiger partial charge in [0.1, 0.15) is 17.6 Å². The van der Waals surface area contributed by atoms with Gasteiger partial charge in [0.05, 0.1) is 18.4 Å². The summed E-state index contributed by atoms with van der Waals surface area (Å²) in [5.74, 6) is 0.478. The van der Waals surface area contributed by atoms with E-state index >= 15 is 0 Å². The van der Waals surface area contributed by atoms with Crippen LogP contribution in [0.4, 0.5) is 10.3 Å². The first-order valence-electron chi connectivity index (χ1n) is 10.1. The molecular weight excluding hydrogens is 385 g/mol. The van der Waals surface area contributed by atoms with Gasteiger partial charge in [0, 0.05) is 43.5 Å². The summed E-state index contributed by atoms with van der Waals surface area (Å²) in [6, 6.07) is 5.37. The number of hydrogen-bond acceptors (Lipinski definition) is 7. The minimum Gasteiger partial charge on any atom is -0.507 e. The fourth-order valence-corrected chi connectivity index (χ4v) is 4.55. The quantitative estimate of drug-likeness (QED) is 0.683. The normalized spacial score (nSPS) is 25.4. The molecule has 9 heteroatoms. The number of fused-ring (bicyclic) bond motifs is 2. The monoisotopic (exact) mass is 409 g/mol. The van der Waals surface area contributed by atoms with Gasteiger partial charge in [-0.15, -0.1) is 10.2 Å². The van der Waals surface area contributed by atoms with Crippen molar-refractivity contribution >= 4 is 5.95 Å². The SMILES string of the molecule is CN(c1ncc(-c2ccc(-c3cnn(C)c3)cc2O)nn1)[C@H]1C[C@@H]2CC[C@@H](N2)[C@H]1F. The molecule has 2 fully saturated rings. The number of piperidine rings is 1. The van der Waals surface area contributed by atoms with E-state index in [0.29, 0.717) is 23.2 Å². The number of aryl methyl sites for hydroxylation is 1. The van der Waals surface area contributed by atoms with Crippen LogP contribution >= 0.6 is 0 Å². The number of phenols is 1. The molecule has 0 saturated carbocycles. The number of rotatable bonds is 4. The Kier molecular flexibility index (Phi) is 4.62. The first-order chi connectivity index (χ1) is 14.5. The molecule has 2 bridgehead atoms. The molecule has 2 aromatic heterocycles. The van der Waals surface area contributed by atoms with E-state index in [-0.39, 0.29) is 17.8 Å². The smallest absolute Gasteiger partial charge is 0.245 e. The molecule has 0 aliphatic carbocycles. The van der Waals surface area contributed by atoms with Crippen LogP contribution in [0, 0.1) is 0 Å². The lowest BCUT2D eigenvalue weighted by molar-refractivity contribution is 0.175. The zero-order chi connectivity index (χ0) is 20.8. The van der Waals surface area contributed by atoms with Crippen molar-refractivity contribution in [2.45, 2.75) is 43.6 Å². The molecule has 2 aliphatic rings. The number of benzene rings is 1. The summed E-state index contributed by atoms with van der Waals surface area (Å²) < 4.78 is 16.5. The van der Waals surface area contributed by atoms with E-state index in [9.17, 15) is 9.50 Å². The lowest BCUT2D eigenvalue weighted by Gasteiger charge is -2.38. The van der Waals surface area contributed by atoms with Gasteiger partial charge in [0.25, 0.3) is 0 Å². The molecule has 0 unspecified atom stereocenters. The molecule has 2 aliphatic heterocycles. The third-order valence-corrected chi connectivity index (χ3v) is 6.23. The summed E-state index contributed by atoms with van der Waals surface area (Å²) in [6.07, 6.45) is 6.86. The van der Waals surface area contributed by atoms with Crippen molar-refractivity contribution < 1.29 is 9.50 Å². The highest BCUT2D eigenvalue weighted by Gasteiger charge is 2.44. The summed E-state index contributed by atoms with van der Waals surface area (Å²) in [5.41, 5.74) is 2.78. The van der Waals surface area contributed by atoms with Crippen molar-refractivity contribution in [2.24, 2.45) is 7.05 Å². The number of nitrogens with one attached hydrogen (secondary N) is 1. The Morgan fingerprint density at radius 3 is 2.77 bits per heavy atom. The molecule has 30 heavy (non-hydrogen) atoms. The Morgan fingerprint density at radius 1 is 1.20 bits per heavy atom. The van der Waals surface area contributed by atoms with Crippen molar-refractivity contribution in [1.82, 2.24) is 30.3 Å². The molecule has 2 saturated heterocycles. The number of halogens is 1. The van der Waals surface area contributed by atoms with Gasteiger partial charge in [-0.2, -0.15) is 5.10 Å². The summed E-state index contributed by atoms with van der Waals surface area (Å²) >= 11 is 0. The minimum atomic E-state index is -0.957. The summed E-state index contributed by atoms with van der Waals surface area (Å²) in [5, 5.41) is 26.5. The largest absolute Gasteiger partial charge is 0.507 e. The Balaban J connectivity index is 1.36. The van der Waals surface area contributed by atoms with Crippen molar-refractivity contribution in [3.63, 3.8) is 0 Å². The van der Waals surface area contributed by atoms with Crippen molar-refractivity contribution in [2.75, 3.05) is 11.9 Å². The molecule has 5 rings (SSSR count). The lowest BCUT2D eigenvalue weighted by Crippen LogP contribution is -2.55. The van der Waals surface area contributed by atoms with Crippen LogP contribution in [0.5, 0.6) is 5.75 Å². The van der Waals surface area contributed by atoms with Gasteiger partial charge >= 0.3 is 0 Å². The number of nitrogens with zero attached hydrogens (tertiary/aromatic N) is 6. The van der Waals surface area contributed by atoms with Gasteiger partial charge in [-0.1, -0.05) is 6.07 Å². The summed E-state index contributed by atoms with van der Waals surface area (Å²) in [6.45, 7) is 0. The Bertz CT molecular complexity index is 1050. The van der Waals surface area contributed by atoms with E-state index in [1.165, 1.54) is 0 Å². The topological polar surface area (TPSA) is 92.0 Å². The average Bonchev–Trinajstić information content (AvgIpc) is 3.37. The van der Waals surface area contributed by atoms with Crippen LogP contribution in [-0.4, -0.2) is 61.4 Å². The molecule has 4 atom stereocenters. The highest BCUT2D eigenvalue weighted by molar-refractivity contribution is 5.73. The van der Waals surface area contributed by atoms with Crippen LogP contribution in [0.15, 0.2) is 36.8 Å². The van der Waals surface area contributed by atoms with Crippen molar-refractivity contribution in [3.8, 4) is 28.1 Å². The predicted octanol–water partition coefficient (Wildman–Crippen LogP) is 2.31. The predicted molar refractivity (Wildman–Crippen MR) is 111 cm³/mol. The highest BCUT2D eigenvalue weighted by atomic mass is 19.1. The van der Waals surface area contributed by atoms with E-state index < -0.39 is 6.17 Å². The van der Waals surface area contributed by atoms with Crippen LogP contribution in [0.2, 0.25) is 0 Å². The zero-order valence-electron chi connectivity index (χ0n) is 16.9. The third-order valence-electron chi connectivity index (χ3n) is 6.23. The Labute approximate surface area is 173 Å². The Hall–Kier alpha value is -3.07. The number of alkyl halides is 1. The van der Waals surface area contributed by atoms with Gasteiger partial charge in [-0.25, -0.2) is 9.37 Å². The second-order valence-electron chi connectivity index (χ2n) is 8.18. The first kappa shape index (κ1) is 18.9. The standard InChI is InChI=1S/C21H24FN7O/c1-28-11-13(9-24-28)12-3-5-15(19(30)7-12)17-10-23-21(27-26-17)29(2)18-8-14-4-6-16(25-14)20(18)22/h3,5,7,9-11,14,16,18,20,25,30H,4,6,8H2,1-2H3/t14-,16+,18-,20+/m0/s1. The van der Waals surface area contributed by atoms with E-state index in [4.69, 9.17) is 0 Å². The average molecular weight is 409 g/mol. The molecule has 156 valence electrons. The highest BCUT2D eigenvalue weighted by Crippen LogP contribution is 2.34. The molecule has 4 heterocycles. The molecule has 2 N–H and O–H groups in total. The molecule has 3 aromatic rings. The molecular formula is C21H24FN7O. The Morgan fingerprint density at radius 2 is 2.07 bits per heavy atom. The number of aromatic hydroxyl groups is 1. The maximum atomic E-state index is 14.8. The molecule has 0 spiro atoms. The minimum absolute atomic E-state index is 0.0845. The second kappa shape index (κ2) is 7.32. The van der Waals surface area contributed by atoms with Crippen LogP contribution < -0.4 is 10.2 Å². The fourth-order valence-electron chi connectivity index (χ4n) is 4.55. The number of aromatic nitrogens is 5. The summed E-state index contributed by atoms with van der Waals surface area (Å²) in [7, 11) is 3.66. The number of anilines is 1. The second-order valence-corrected chi connectivity index (χ2v) is 8.18. The van der Waals surface area contributed by atoms with Crippen LogP contribution in [-0.2, 0) is 7.05 Å². The third kappa shape index (κ3) is 3.28. The van der Waals surface area contributed by atoms with Crippen LogP contribution in [0.3, 0.4) is 0 Å². The fraction of sp³-hybridized carbons (Fsp3) is 0.429. The van der Waals surface area contributed by atoms with Crippen LogP contribution in [0.25, 0.3) is 22.4 Å². The first-order valence-corrected chi connectivity index (χ1v) is 10.1. The maximum absolute atomic E-state index is 14.8. The van der Waals surface area contributed by atoms with Crippen LogP contribution in [0.1, 0.15) is 19.3 Å². The van der Waals surface area contributed by atoms with E-state index in [1.54, 1.807) is 34.1 Å². The van der Waals surface area contributed by atoms with Gasteiger partial charge in [-0.05, 0) is 37.0 Å². The summed E-state index contributed by atoms with van der Waals surface area (Å²) in [4.78, 5) is 6.19. The van der Waals surface area contributed by atoms with E-state index in [1.807, 2.05) is 26.4 Å². The lowest BCUT2D eigenvalue weighted by atomic mass is 9.97. The van der Waals surface area contributed by atoms with Gasteiger partial charge in [0.2, 0.25) is 5.95 Å². The van der Waals surface area contributed by atoms with E-state index in [2.05, 4.69) is 25.6 Å². The molecule has 8 nitrogen and oxygen atoms in total. The number of phenolic OH excluding ortho intramolecular Hbond substituents is 1. The maximum Gasteiger partial charge on any atom is 0.245 e. The van der Waals surface area contributed by atoms with Crippen molar-refractivity contribution in [3.05, 3.63) is 36.8 Å². The molecule has 1 aromatic carbocycles. The zero-order valence-corrected chi connectivity index (χ0v) is 16.9. The molecule has 0 amide bonds. The van der Waals surface area contributed by atoms with Gasteiger partial charge in [-0.3, -0.25) is 4.68 Å². The van der Waals surface area contributed by atoms with Crippen molar-refractivity contribution in [1.29, 1.82) is 0 Å². The molecule has 0 radical (unpaired) electrons.